The van der Waals surface area contributed by atoms with Gasteiger partial charge in [-0.3, -0.25) is 4.79 Å². The number of carbonyl (C=O) groups is 1. The Hall–Kier alpha value is -2.88. The molecule has 2 N–H and O–H groups in total. The van der Waals surface area contributed by atoms with Gasteiger partial charge in [0, 0.05) is 17.9 Å². The van der Waals surface area contributed by atoms with Gasteiger partial charge in [0.05, 0.1) is 25.9 Å². The van der Waals surface area contributed by atoms with Crippen molar-refractivity contribution in [1.82, 2.24) is 9.97 Å². The summed E-state index contributed by atoms with van der Waals surface area (Å²) in [6.45, 7) is 3.17. The van der Waals surface area contributed by atoms with E-state index < -0.39 is 18.2 Å². The van der Waals surface area contributed by atoms with Crippen molar-refractivity contribution in [2.24, 2.45) is 0 Å². The van der Waals surface area contributed by atoms with Crippen molar-refractivity contribution in [3.63, 3.8) is 0 Å². The molecule has 1 aromatic heterocycles. The van der Waals surface area contributed by atoms with E-state index in [4.69, 9.17) is 14.6 Å². The number of rotatable bonds is 10. The van der Waals surface area contributed by atoms with E-state index in [1.807, 2.05) is 6.92 Å². The number of carboxylic acids is 1. The van der Waals surface area contributed by atoms with Gasteiger partial charge >= 0.3 is 12.1 Å². The molecular formula is C20H24F3N3O4. The highest BCUT2D eigenvalue weighted by Crippen LogP contribution is 2.41. The fraction of sp³-hybridized carbons (Fsp3) is 0.450. The third-order valence-electron chi connectivity index (χ3n) is 4.48. The third kappa shape index (κ3) is 6.06. The second-order valence-corrected chi connectivity index (χ2v) is 6.50. The van der Waals surface area contributed by atoms with Crippen LogP contribution in [-0.4, -0.2) is 40.9 Å². The molecule has 0 aliphatic heterocycles. The number of hydrogen-bond donors (Lipinski definition) is 2. The molecule has 1 heterocycles. The molecule has 0 radical (unpaired) electrons. The Kier molecular flexibility index (Phi) is 7.99. The summed E-state index contributed by atoms with van der Waals surface area (Å²) in [6.07, 6.45) is -3.75. The molecule has 0 spiro atoms. The minimum atomic E-state index is -4.63. The molecule has 164 valence electrons. The van der Waals surface area contributed by atoms with Crippen LogP contribution in [0.5, 0.6) is 5.88 Å². The second-order valence-electron chi connectivity index (χ2n) is 6.50. The molecule has 0 unspecified atom stereocenters. The maximum Gasteiger partial charge on any atom is 0.418 e. The summed E-state index contributed by atoms with van der Waals surface area (Å²) >= 11 is 0. The van der Waals surface area contributed by atoms with E-state index in [-0.39, 0.29) is 41.9 Å². The van der Waals surface area contributed by atoms with Gasteiger partial charge in [0.2, 0.25) is 5.88 Å². The van der Waals surface area contributed by atoms with Crippen LogP contribution in [0.3, 0.4) is 0 Å². The van der Waals surface area contributed by atoms with Crippen molar-refractivity contribution in [3.8, 4) is 5.88 Å². The van der Waals surface area contributed by atoms with Crippen LogP contribution in [0.1, 0.15) is 49.8 Å². The van der Waals surface area contributed by atoms with Gasteiger partial charge in [-0.25, -0.2) is 9.97 Å². The van der Waals surface area contributed by atoms with E-state index in [2.05, 4.69) is 15.3 Å². The Morgan fingerprint density at radius 1 is 1.23 bits per heavy atom. The summed E-state index contributed by atoms with van der Waals surface area (Å²) in [7, 11) is 1.42. The number of nitrogens with one attached hydrogen (secondary N) is 1. The summed E-state index contributed by atoms with van der Waals surface area (Å²) in [5.41, 5.74) is 0.590. The predicted octanol–water partition coefficient (Wildman–Crippen LogP) is 4.84. The molecule has 1 aromatic carbocycles. The highest BCUT2D eigenvalue weighted by atomic mass is 19.4. The molecule has 2 rings (SSSR count). The summed E-state index contributed by atoms with van der Waals surface area (Å²) < 4.78 is 50.8. The highest BCUT2D eigenvalue weighted by molar-refractivity contribution is 5.69. The van der Waals surface area contributed by atoms with E-state index in [0.29, 0.717) is 12.0 Å². The molecule has 7 nitrogen and oxygen atoms in total. The van der Waals surface area contributed by atoms with E-state index in [1.165, 1.54) is 44.6 Å². The molecule has 30 heavy (non-hydrogen) atoms. The van der Waals surface area contributed by atoms with Crippen LogP contribution >= 0.6 is 0 Å². The van der Waals surface area contributed by atoms with E-state index >= 15 is 0 Å². The molecule has 2 aromatic rings. The minimum Gasteiger partial charge on any atom is -0.481 e. The largest absolute Gasteiger partial charge is 0.481 e. The van der Waals surface area contributed by atoms with Crippen LogP contribution in [0.25, 0.3) is 0 Å². The molecule has 0 fully saturated rings. The lowest BCUT2D eigenvalue weighted by molar-refractivity contribution is -0.222. The molecule has 0 saturated carbocycles. The zero-order valence-electron chi connectivity index (χ0n) is 16.9. The molecule has 0 saturated heterocycles. The highest BCUT2D eigenvalue weighted by Gasteiger charge is 2.43. The molecule has 0 aliphatic rings. The number of aromatic nitrogens is 2. The maximum atomic E-state index is 13.6. The number of alkyl halides is 3. The van der Waals surface area contributed by atoms with Crippen LogP contribution in [-0.2, 0) is 9.53 Å². The van der Waals surface area contributed by atoms with Crippen LogP contribution in [0.4, 0.5) is 24.7 Å². The molecule has 2 atom stereocenters. The number of methoxy groups -OCH3 is 1. The Bertz CT molecular complexity index is 844. The lowest BCUT2D eigenvalue weighted by Crippen LogP contribution is -2.24. The van der Waals surface area contributed by atoms with Gasteiger partial charge < -0.3 is 19.9 Å². The van der Waals surface area contributed by atoms with E-state index in [1.54, 1.807) is 0 Å². The Labute approximate surface area is 172 Å². The first-order valence-corrected chi connectivity index (χ1v) is 9.36. The molecule has 0 aliphatic carbocycles. The molecular weight excluding hydrogens is 403 g/mol. The fourth-order valence-corrected chi connectivity index (χ4v) is 3.02. The smallest absolute Gasteiger partial charge is 0.418 e. The van der Waals surface area contributed by atoms with Gasteiger partial charge in [-0.05, 0) is 30.9 Å². The quantitative estimate of drug-likeness (QED) is 0.560. The standard InChI is InChI=1S/C20H24F3N3O4/c1-4-12(9-18(27)28)13-6-7-14(19(30-5-2)20(21,22)23)15(8-13)26-16-10-25-17(29-3)11-24-16/h6-8,10-12,19H,4-5,9H2,1-3H3,(H,24,26)(H,27,28)/t12-,19-/m1/s1. The topological polar surface area (TPSA) is 93.6 Å². The van der Waals surface area contributed by atoms with Gasteiger partial charge in [-0.1, -0.05) is 19.1 Å². The van der Waals surface area contributed by atoms with Crippen molar-refractivity contribution in [3.05, 3.63) is 41.7 Å². The Balaban J connectivity index is 2.52. The monoisotopic (exact) mass is 427 g/mol. The van der Waals surface area contributed by atoms with Crippen molar-refractivity contribution < 1.29 is 32.5 Å². The van der Waals surface area contributed by atoms with Gasteiger partial charge in [0.25, 0.3) is 0 Å². The van der Waals surface area contributed by atoms with Crippen molar-refractivity contribution in [1.29, 1.82) is 0 Å². The van der Waals surface area contributed by atoms with Gasteiger partial charge in [0.1, 0.15) is 5.82 Å². The summed E-state index contributed by atoms with van der Waals surface area (Å²) in [4.78, 5) is 19.2. The van der Waals surface area contributed by atoms with Crippen molar-refractivity contribution in [2.45, 2.75) is 44.9 Å². The van der Waals surface area contributed by atoms with Crippen LogP contribution in [0, 0.1) is 0 Å². The lowest BCUT2D eigenvalue weighted by Gasteiger charge is -2.25. The fourth-order valence-electron chi connectivity index (χ4n) is 3.02. The number of nitrogens with zero attached hydrogens (tertiary/aromatic N) is 2. The van der Waals surface area contributed by atoms with Crippen molar-refractivity contribution >= 4 is 17.5 Å². The first kappa shape index (κ1) is 23.4. The normalized spacial score (nSPS) is 13.5. The summed E-state index contributed by atoms with van der Waals surface area (Å²) in [6, 6.07) is 4.33. The number of hydrogen-bond acceptors (Lipinski definition) is 6. The Morgan fingerprint density at radius 3 is 2.47 bits per heavy atom. The third-order valence-corrected chi connectivity index (χ3v) is 4.48. The van der Waals surface area contributed by atoms with Crippen molar-refractivity contribution in [2.75, 3.05) is 19.0 Å². The average molecular weight is 427 g/mol. The SMILES string of the molecule is CCO[C@H](c1ccc([C@H](CC)CC(=O)O)cc1Nc1cnc(OC)cn1)C(F)(F)F. The molecule has 10 heteroatoms. The summed E-state index contributed by atoms with van der Waals surface area (Å²) in [5.74, 6) is -0.873. The second kappa shape index (κ2) is 10.2. The number of anilines is 2. The van der Waals surface area contributed by atoms with Gasteiger partial charge in [0.15, 0.2) is 6.10 Å². The number of carboxylic acid groups (broad SMARTS) is 1. The number of benzene rings is 1. The number of aliphatic carboxylic acids is 1. The van der Waals surface area contributed by atoms with E-state index in [9.17, 15) is 18.0 Å². The number of ether oxygens (including phenoxy) is 2. The average Bonchev–Trinajstić information content (AvgIpc) is 2.70. The molecule has 0 amide bonds. The maximum absolute atomic E-state index is 13.6. The Morgan fingerprint density at radius 2 is 1.97 bits per heavy atom. The zero-order chi connectivity index (χ0) is 22.3. The van der Waals surface area contributed by atoms with Gasteiger partial charge in [-0.2, -0.15) is 13.2 Å². The first-order valence-electron chi connectivity index (χ1n) is 9.36. The predicted molar refractivity (Wildman–Crippen MR) is 104 cm³/mol. The zero-order valence-corrected chi connectivity index (χ0v) is 16.9. The lowest BCUT2D eigenvalue weighted by atomic mass is 9.91. The number of halogens is 3. The van der Waals surface area contributed by atoms with Gasteiger partial charge in [-0.15, -0.1) is 0 Å². The van der Waals surface area contributed by atoms with E-state index in [0.717, 1.165) is 0 Å². The van der Waals surface area contributed by atoms with Crippen LogP contribution < -0.4 is 10.1 Å². The van der Waals surface area contributed by atoms with Crippen LogP contribution in [0.15, 0.2) is 30.6 Å². The molecule has 0 bridgehead atoms. The first-order chi connectivity index (χ1) is 14.2. The van der Waals surface area contributed by atoms with Crippen LogP contribution in [0.2, 0.25) is 0 Å². The summed E-state index contributed by atoms with van der Waals surface area (Å²) in [5, 5.41) is 12.0. The minimum absolute atomic E-state index is 0.117.